The van der Waals surface area contributed by atoms with Gasteiger partial charge in [0.1, 0.15) is 18.6 Å². The van der Waals surface area contributed by atoms with Crippen LogP contribution in [-0.2, 0) is 14.4 Å². The van der Waals surface area contributed by atoms with Crippen molar-refractivity contribution in [3.8, 4) is 5.75 Å². The minimum atomic E-state index is -4.62. The summed E-state index contributed by atoms with van der Waals surface area (Å²) in [6.45, 7) is 1.87. The third kappa shape index (κ3) is 5.65. The molecule has 2 aromatic carbocycles. The van der Waals surface area contributed by atoms with Gasteiger partial charge in [-0.05, 0) is 19.4 Å². The fourth-order valence-corrected chi connectivity index (χ4v) is 5.14. The number of hydrogen-bond donors (Lipinski definition) is 2. The van der Waals surface area contributed by atoms with Gasteiger partial charge in [-0.15, -0.1) is 0 Å². The van der Waals surface area contributed by atoms with Gasteiger partial charge in [0.2, 0.25) is 18.0 Å². The molecule has 0 spiro atoms. The van der Waals surface area contributed by atoms with E-state index in [-0.39, 0.29) is 18.8 Å². The molecule has 2 aliphatic rings. The average molecular weight is 570 g/mol. The molecule has 0 unspecified atom stereocenters. The van der Waals surface area contributed by atoms with Gasteiger partial charge in [-0.1, -0.05) is 47.6 Å². The Balaban J connectivity index is 1.56. The predicted octanol–water partition coefficient (Wildman–Crippen LogP) is 3.23. The van der Waals surface area contributed by atoms with E-state index in [1.807, 2.05) is 6.07 Å². The summed E-state index contributed by atoms with van der Waals surface area (Å²) in [7, 11) is 0. The average Bonchev–Trinajstić information content (AvgIpc) is 3.31. The molecule has 0 aliphatic carbocycles. The molecule has 5 rings (SSSR count). The maximum Gasteiger partial charge on any atom is 0.389 e. The molecule has 3 atom stereocenters. The third-order valence-corrected chi connectivity index (χ3v) is 7.04. The Morgan fingerprint density at radius 1 is 1.17 bits per heavy atom. The van der Waals surface area contributed by atoms with Crippen LogP contribution in [0.1, 0.15) is 41.1 Å². The van der Waals surface area contributed by atoms with Crippen molar-refractivity contribution in [2.24, 2.45) is 16.6 Å². The van der Waals surface area contributed by atoms with Crippen molar-refractivity contribution in [3.63, 3.8) is 0 Å². The number of anilines is 1. The lowest BCUT2D eigenvalue weighted by Crippen LogP contribution is -2.52. The standard InChI is InChI=1S/C28H26F3N5O5/c1-15-14-41-35-21(15)20(24(32)37)17(10-11-28(29,30)31)26(38)34-25-27(39)36-12-13-40-19-9-5-8-18(23(19)36)22(33-25)16-6-3-2-4-7-16/h2-9,14,17,20,25H,10-13H2,1H3,(H2,32,37)(H,34,38)/t17-,20-,25-/m1/s1. The van der Waals surface area contributed by atoms with E-state index in [2.05, 4.69) is 15.5 Å². The normalized spacial score (nSPS) is 18.0. The zero-order valence-electron chi connectivity index (χ0n) is 21.9. The number of halogens is 3. The van der Waals surface area contributed by atoms with Gasteiger partial charge in [0.05, 0.1) is 35.5 Å². The summed E-state index contributed by atoms with van der Waals surface area (Å²) < 4.78 is 50.5. The van der Waals surface area contributed by atoms with Gasteiger partial charge >= 0.3 is 6.18 Å². The van der Waals surface area contributed by atoms with Crippen molar-refractivity contribution in [2.45, 2.75) is 38.0 Å². The highest BCUT2D eigenvalue weighted by atomic mass is 19.4. The Labute approximate surface area is 232 Å². The lowest BCUT2D eigenvalue weighted by Gasteiger charge is -2.31. The molecular formula is C28H26F3N5O5. The monoisotopic (exact) mass is 569 g/mol. The Bertz CT molecular complexity index is 1500. The predicted molar refractivity (Wildman–Crippen MR) is 140 cm³/mol. The first-order chi connectivity index (χ1) is 19.5. The number of aryl methyl sites for hydroxylation is 1. The Morgan fingerprint density at radius 2 is 1.93 bits per heavy atom. The van der Waals surface area contributed by atoms with Crippen molar-refractivity contribution in [2.75, 3.05) is 18.1 Å². The van der Waals surface area contributed by atoms with Crippen LogP contribution in [0.15, 0.2) is 64.3 Å². The number of rotatable bonds is 8. The molecule has 0 bridgehead atoms. The molecule has 0 fully saturated rings. The van der Waals surface area contributed by atoms with Crippen LogP contribution in [0.5, 0.6) is 5.75 Å². The van der Waals surface area contributed by atoms with Gasteiger partial charge in [-0.2, -0.15) is 13.2 Å². The number of hydrogen-bond acceptors (Lipinski definition) is 7. The maximum atomic E-state index is 13.8. The van der Waals surface area contributed by atoms with Gasteiger partial charge in [-0.25, -0.2) is 4.99 Å². The molecule has 3 aromatic rings. The molecule has 0 saturated heterocycles. The molecule has 3 heterocycles. The van der Waals surface area contributed by atoms with Crippen molar-refractivity contribution in [1.82, 2.24) is 10.5 Å². The first-order valence-corrected chi connectivity index (χ1v) is 12.8. The minimum absolute atomic E-state index is 0.0503. The van der Waals surface area contributed by atoms with E-state index < -0.39 is 54.7 Å². The summed E-state index contributed by atoms with van der Waals surface area (Å²) in [5.41, 5.74) is 7.95. The Kier molecular flexibility index (Phi) is 7.52. The zero-order chi connectivity index (χ0) is 29.3. The fraction of sp³-hybridized carbons (Fsp3) is 0.321. The second-order valence-electron chi connectivity index (χ2n) is 9.77. The first kappa shape index (κ1) is 27.9. The SMILES string of the molecule is Cc1conc1[C@H](C(N)=O)[C@@H](CCC(F)(F)F)C(=O)N[C@H]1N=C(c2ccccc2)c2cccc3c2N(CCO3)C1=O. The van der Waals surface area contributed by atoms with E-state index in [0.717, 1.165) is 0 Å². The lowest BCUT2D eigenvalue weighted by molar-refractivity contribution is -0.144. The Morgan fingerprint density at radius 3 is 2.59 bits per heavy atom. The van der Waals surface area contributed by atoms with Gasteiger partial charge in [-0.3, -0.25) is 14.4 Å². The highest BCUT2D eigenvalue weighted by Crippen LogP contribution is 2.39. The van der Waals surface area contributed by atoms with E-state index in [1.165, 1.54) is 18.1 Å². The van der Waals surface area contributed by atoms with E-state index in [9.17, 15) is 27.6 Å². The molecular weight excluding hydrogens is 543 g/mol. The number of amides is 3. The number of alkyl halides is 3. The number of nitrogens with one attached hydrogen (secondary N) is 1. The second kappa shape index (κ2) is 11.1. The lowest BCUT2D eigenvalue weighted by atomic mass is 9.83. The number of primary amides is 1. The van der Waals surface area contributed by atoms with E-state index >= 15 is 0 Å². The molecule has 214 valence electrons. The van der Waals surface area contributed by atoms with Crippen molar-refractivity contribution in [3.05, 3.63) is 77.2 Å². The largest absolute Gasteiger partial charge is 0.490 e. The molecule has 3 N–H and O–H groups in total. The number of carbonyl (C=O) groups is 3. The van der Waals surface area contributed by atoms with Crippen LogP contribution in [0.25, 0.3) is 0 Å². The number of aliphatic imine (C=N–C) groups is 1. The molecule has 0 saturated carbocycles. The zero-order valence-corrected chi connectivity index (χ0v) is 21.9. The molecule has 2 aliphatic heterocycles. The minimum Gasteiger partial charge on any atom is -0.490 e. The van der Waals surface area contributed by atoms with Gasteiger partial charge in [0.25, 0.3) is 5.91 Å². The van der Waals surface area contributed by atoms with Crippen LogP contribution in [-0.4, -0.2) is 54.1 Å². The summed E-state index contributed by atoms with van der Waals surface area (Å²) in [6, 6.07) is 14.2. The molecule has 3 amide bonds. The summed E-state index contributed by atoms with van der Waals surface area (Å²) in [6.07, 6.45) is -7.10. The highest BCUT2D eigenvalue weighted by Gasteiger charge is 2.42. The van der Waals surface area contributed by atoms with Crippen LogP contribution in [0, 0.1) is 12.8 Å². The van der Waals surface area contributed by atoms with E-state index in [1.54, 1.807) is 42.5 Å². The van der Waals surface area contributed by atoms with Gasteiger partial charge in [0.15, 0.2) is 0 Å². The van der Waals surface area contributed by atoms with Crippen molar-refractivity contribution < 1.29 is 36.8 Å². The number of benzene rings is 2. The van der Waals surface area contributed by atoms with Crippen LogP contribution >= 0.6 is 0 Å². The number of aromatic nitrogens is 1. The Hall–Kier alpha value is -4.68. The summed E-state index contributed by atoms with van der Waals surface area (Å²) >= 11 is 0. The van der Waals surface area contributed by atoms with E-state index in [4.69, 9.17) is 15.0 Å². The van der Waals surface area contributed by atoms with Crippen molar-refractivity contribution >= 4 is 29.1 Å². The number of nitrogens with zero attached hydrogens (tertiary/aromatic N) is 3. The number of carbonyl (C=O) groups excluding carboxylic acids is 3. The van der Waals surface area contributed by atoms with Crippen LogP contribution in [0.4, 0.5) is 18.9 Å². The molecule has 0 radical (unpaired) electrons. The van der Waals surface area contributed by atoms with Crippen LogP contribution < -0.4 is 20.7 Å². The maximum absolute atomic E-state index is 13.8. The van der Waals surface area contributed by atoms with Gasteiger partial charge in [0, 0.05) is 23.1 Å². The molecule has 41 heavy (non-hydrogen) atoms. The highest BCUT2D eigenvalue weighted by molar-refractivity contribution is 6.21. The second-order valence-corrected chi connectivity index (χ2v) is 9.77. The van der Waals surface area contributed by atoms with Crippen molar-refractivity contribution in [1.29, 1.82) is 0 Å². The fourth-order valence-electron chi connectivity index (χ4n) is 5.14. The number of para-hydroxylation sites is 1. The van der Waals surface area contributed by atoms with Crippen LogP contribution in [0.3, 0.4) is 0 Å². The quantitative estimate of drug-likeness (QED) is 0.427. The summed E-state index contributed by atoms with van der Waals surface area (Å²) in [4.78, 5) is 46.1. The van der Waals surface area contributed by atoms with E-state index in [0.29, 0.717) is 33.8 Å². The summed E-state index contributed by atoms with van der Waals surface area (Å²) in [5, 5.41) is 6.24. The number of nitrogens with two attached hydrogens (primary N) is 1. The number of ether oxygens (including phenoxy) is 1. The van der Waals surface area contributed by atoms with Gasteiger partial charge < -0.3 is 25.2 Å². The van der Waals surface area contributed by atoms with Crippen LogP contribution in [0.2, 0.25) is 0 Å². The smallest absolute Gasteiger partial charge is 0.389 e. The molecule has 1 aromatic heterocycles. The topological polar surface area (TPSA) is 140 Å². The molecule has 13 heteroatoms. The first-order valence-electron chi connectivity index (χ1n) is 12.8. The summed E-state index contributed by atoms with van der Waals surface area (Å²) in [5.74, 6) is -5.38. The third-order valence-electron chi connectivity index (χ3n) is 7.04. The molecule has 10 nitrogen and oxygen atoms in total.